The number of benzene rings is 1. The van der Waals surface area contributed by atoms with Gasteiger partial charge in [-0.25, -0.2) is 0 Å². The second kappa shape index (κ2) is 3.82. The highest BCUT2D eigenvalue weighted by atomic mass is 35.5. The Hall–Kier alpha value is -1.32. The third kappa shape index (κ3) is 1.64. The zero-order valence-electron chi connectivity index (χ0n) is 7.27. The Morgan fingerprint density at radius 3 is 2.79 bits per heavy atom. The summed E-state index contributed by atoms with van der Waals surface area (Å²) in [5.74, 6) is 0.569. The van der Waals surface area contributed by atoms with Crippen LogP contribution in [0, 0.1) is 0 Å². The normalized spacial score (nSPS) is 10.4. The molecule has 1 N–H and O–H groups in total. The Balaban J connectivity index is 2.44. The molecular weight excluding hydrogens is 202 g/mol. The van der Waals surface area contributed by atoms with E-state index in [9.17, 15) is 0 Å². The van der Waals surface area contributed by atoms with Crippen LogP contribution in [0.2, 0.25) is 5.02 Å². The topological polar surface area (TPSA) is 46.3 Å². The lowest BCUT2D eigenvalue weighted by Gasteiger charge is -1.96. The molecule has 0 aliphatic rings. The van der Waals surface area contributed by atoms with Gasteiger partial charge in [0.05, 0.1) is 11.6 Å². The van der Waals surface area contributed by atoms with Crippen molar-refractivity contribution in [2.45, 2.75) is 6.61 Å². The monoisotopic (exact) mass is 209 g/mol. The molecule has 0 saturated heterocycles. The minimum atomic E-state index is -0.131. The molecule has 0 amide bonds. The zero-order chi connectivity index (χ0) is 9.97. The summed E-state index contributed by atoms with van der Waals surface area (Å²) in [7, 11) is 0. The molecule has 1 aromatic heterocycles. The molecule has 72 valence electrons. The van der Waals surface area contributed by atoms with Crippen molar-refractivity contribution < 1.29 is 9.63 Å². The van der Waals surface area contributed by atoms with Gasteiger partial charge in [0.15, 0.2) is 5.76 Å². The summed E-state index contributed by atoms with van der Waals surface area (Å²) in [5, 5.41) is 13.1. The van der Waals surface area contributed by atoms with Crippen LogP contribution in [0.15, 0.2) is 34.9 Å². The number of aromatic nitrogens is 1. The molecule has 1 aromatic carbocycles. The van der Waals surface area contributed by atoms with Crippen LogP contribution < -0.4 is 0 Å². The molecule has 1 heterocycles. The second-order valence-corrected chi connectivity index (χ2v) is 3.23. The second-order valence-electron chi connectivity index (χ2n) is 2.82. The van der Waals surface area contributed by atoms with E-state index in [4.69, 9.17) is 21.2 Å². The fraction of sp³-hybridized carbons (Fsp3) is 0.100. The van der Waals surface area contributed by atoms with Crippen molar-refractivity contribution in [3.8, 4) is 11.3 Å². The van der Waals surface area contributed by atoms with Gasteiger partial charge in [-0.15, -0.1) is 0 Å². The molecule has 0 unspecified atom stereocenters. The molecule has 3 nitrogen and oxygen atoms in total. The fourth-order valence-corrected chi connectivity index (χ4v) is 1.40. The van der Waals surface area contributed by atoms with Gasteiger partial charge < -0.3 is 9.63 Å². The van der Waals surface area contributed by atoms with Gasteiger partial charge in [-0.3, -0.25) is 0 Å². The van der Waals surface area contributed by atoms with Crippen molar-refractivity contribution >= 4 is 11.6 Å². The maximum atomic E-state index is 8.81. The molecule has 14 heavy (non-hydrogen) atoms. The smallest absolute Gasteiger partial charge is 0.168 e. The van der Waals surface area contributed by atoms with E-state index in [2.05, 4.69) is 5.16 Å². The van der Waals surface area contributed by atoms with Gasteiger partial charge >= 0.3 is 0 Å². The van der Waals surface area contributed by atoms with E-state index < -0.39 is 0 Å². The number of hydrogen-bond acceptors (Lipinski definition) is 3. The summed E-state index contributed by atoms with van der Waals surface area (Å²) < 4.78 is 5.03. The molecular formula is C10H8ClNO2. The lowest BCUT2D eigenvalue weighted by molar-refractivity contribution is 0.267. The van der Waals surface area contributed by atoms with Crippen molar-refractivity contribution in [2.24, 2.45) is 0 Å². The van der Waals surface area contributed by atoms with Crippen LogP contribution in [-0.4, -0.2) is 10.3 Å². The summed E-state index contributed by atoms with van der Waals surface area (Å²) in [6.07, 6.45) is 0. The third-order valence-electron chi connectivity index (χ3n) is 1.86. The third-order valence-corrected chi connectivity index (χ3v) is 2.19. The predicted octanol–water partition coefficient (Wildman–Crippen LogP) is 2.49. The predicted molar refractivity (Wildman–Crippen MR) is 52.9 cm³/mol. The van der Waals surface area contributed by atoms with E-state index in [1.54, 1.807) is 12.1 Å². The first-order valence-corrected chi connectivity index (χ1v) is 4.50. The van der Waals surface area contributed by atoms with Gasteiger partial charge in [-0.1, -0.05) is 28.9 Å². The van der Waals surface area contributed by atoms with E-state index in [0.717, 1.165) is 5.56 Å². The zero-order valence-corrected chi connectivity index (χ0v) is 8.03. The molecule has 0 aliphatic carbocycles. The number of halogens is 1. The Labute approximate surface area is 85.9 Å². The summed E-state index contributed by atoms with van der Waals surface area (Å²) in [6, 6.07) is 8.99. The summed E-state index contributed by atoms with van der Waals surface area (Å²) in [4.78, 5) is 0. The number of aliphatic hydroxyl groups is 1. The molecule has 4 heteroatoms. The van der Waals surface area contributed by atoms with E-state index in [0.29, 0.717) is 16.5 Å². The van der Waals surface area contributed by atoms with Crippen LogP contribution in [-0.2, 0) is 6.61 Å². The van der Waals surface area contributed by atoms with E-state index >= 15 is 0 Å². The highest BCUT2D eigenvalue weighted by molar-refractivity contribution is 6.33. The maximum Gasteiger partial charge on any atom is 0.168 e. The Morgan fingerprint density at radius 1 is 1.36 bits per heavy atom. The highest BCUT2D eigenvalue weighted by Gasteiger charge is 2.08. The number of nitrogens with zero attached hydrogens (tertiary/aromatic N) is 1. The number of rotatable bonds is 2. The summed E-state index contributed by atoms with van der Waals surface area (Å²) >= 11 is 5.96. The van der Waals surface area contributed by atoms with Crippen LogP contribution in [0.25, 0.3) is 11.3 Å². The van der Waals surface area contributed by atoms with Crippen LogP contribution in [0.1, 0.15) is 5.69 Å². The average molecular weight is 210 g/mol. The van der Waals surface area contributed by atoms with Gasteiger partial charge in [-0.05, 0) is 12.1 Å². The number of aliphatic hydroxyl groups excluding tert-OH is 1. The fourth-order valence-electron chi connectivity index (χ4n) is 1.17. The Kier molecular flexibility index (Phi) is 2.52. The van der Waals surface area contributed by atoms with Crippen molar-refractivity contribution in [1.82, 2.24) is 5.16 Å². The highest BCUT2D eigenvalue weighted by Crippen LogP contribution is 2.27. The maximum absolute atomic E-state index is 8.81. The van der Waals surface area contributed by atoms with Gasteiger partial charge in [0.2, 0.25) is 0 Å². The van der Waals surface area contributed by atoms with Crippen molar-refractivity contribution in [2.75, 3.05) is 0 Å². The Morgan fingerprint density at radius 2 is 2.14 bits per heavy atom. The molecule has 0 bridgehead atoms. The summed E-state index contributed by atoms with van der Waals surface area (Å²) in [6.45, 7) is -0.131. The van der Waals surface area contributed by atoms with E-state index in [-0.39, 0.29) is 6.61 Å². The minimum Gasteiger partial charge on any atom is -0.390 e. The molecule has 0 saturated carbocycles. The van der Waals surface area contributed by atoms with Crippen LogP contribution in [0.3, 0.4) is 0 Å². The minimum absolute atomic E-state index is 0.131. The first kappa shape index (κ1) is 9.24. The van der Waals surface area contributed by atoms with Gasteiger partial charge in [0.1, 0.15) is 5.69 Å². The van der Waals surface area contributed by atoms with Gasteiger partial charge in [0, 0.05) is 11.6 Å². The van der Waals surface area contributed by atoms with Gasteiger partial charge in [0.25, 0.3) is 0 Å². The summed E-state index contributed by atoms with van der Waals surface area (Å²) in [5.41, 5.74) is 1.28. The molecule has 0 fully saturated rings. The average Bonchev–Trinajstić information content (AvgIpc) is 2.67. The largest absolute Gasteiger partial charge is 0.390 e. The Bertz CT molecular complexity index is 439. The quantitative estimate of drug-likeness (QED) is 0.827. The number of hydrogen-bond donors (Lipinski definition) is 1. The molecule has 2 aromatic rings. The molecule has 0 atom stereocenters. The van der Waals surface area contributed by atoms with Crippen molar-refractivity contribution in [3.63, 3.8) is 0 Å². The molecule has 2 rings (SSSR count). The first-order valence-electron chi connectivity index (χ1n) is 4.12. The molecule has 0 aliphatic heterocycles. The lowest BCUT2D eigenvalue weighted by Crippen LogP contribution is -1.78. The molecule has 0 spiro atoms. The van der Waals surface area contributed by atoms with Crippen LogP contribution in [0.5, 0.6) is 0 Å². The van der Waals surface area contributed by atoms with Crippen molar-refractivity contribution in [3.05, 3.63) is 41.0 Å². The SMILES string of the molecule is OCc1cc(-c2ccccc2Cl)on1. The standard InChI is InChI=1S/C10H8ClNO2/c11-9-4-2-1-3-8(9)10-5-7(6-13)12-14-10/h1-5,13H,6H2. The van der Waals surface area contributed by atoms with E-state index in [1.165, 1.54) is 0 Å². The van der Waals surface area contributed by atoms with Crippen LogP contribution in [0.4, 0.5) is 0 Å². The van der Waals surface area contributed by atoms with Crippen LogP contribution >= 0.6 is 11.6 Å². The van der Waals surface area contributed by atoms with Gasteiger partial charge in [-0.2, -0.15) is 0 Å². The van der Waals surface area contributed by atoms with Crippen molar-refractivity contribution in [1.29, 1.82) is 0 Å². The molecule has 0 radical (unpaired) electrons. The lowest BCUT2D eigenvalue weighted by atomic mass is 10.1. The van der Waals surface area contributed by atoms with E-state index in [1.807, 2.05) is 18.2 Å². The first-order chi connectivity index (χ1) is 6.81.